The van der Waals surface area contributed by atoms with E-state index >= 15 is 0 Å². The van der Waals surface area contributed by atoms with Crippen LogP contribution in [0.15, 0.2) is 180 Å². The monoisotopic (exact) mass is 624 g/mol. The molecule has 2 heterocycles. The highest BCUT2D eigenvalue weighted by atomic mass is 32.2. The van der Waals surface area contributed by atoms with Gasteiger partial charge in [-0.1, -0.05) is 97.1 Å². The fraction of sp³-hybridized carbons (Fsp3) is 0. The molecule has 0 unspecified atom stereocenters. The van der Waals surface area contributed by atoms with E-state index in [1.165, 1.54) is 0 Å². The van der Waals surface area contributed by atoms with E-state index in [1.54, 1.807) is 18.2 Å². The molecule has 8 aromatic rings. The van der Waals surface area contributed by atoms with Crippen molar-refractivity contribution in [3.63, 3.8) is 0 Å². The molecule has 0 atom stereocenters. The lowest BCUT2D eigenvalue weighted by Crippen LogP contribution is -2.11. The van der Waals surface area contributed by atoms with E-state index in [0.717, 1.165) is 66.8 Å². The summed E-state index contributed by atoms with van der Waals surface area (Å²) in [6.45, 7) is 0. The molecular weight excluding hydrogens is 597 g/mol. The van der Waals surface area contributed by atoms with Gasteiger partial charge in [0.1, 0.15) is 0 Å². The van der Waals surface area contributed by atoms with Crippen molar-refractivity contribution in [2.75, 3.05) is 4.90 Å². The van der Waals surface area contributed by atoms with Crippen LogP contribution >= 0.6 is 0 Å². The van der Waals surface area contributed by atoms with Crippen molar-refractivity contribution in [2.45, 2.75) is 9.79 Å². The molecule has 0 aliphatic carbocycles. The highest BCUT2D eigenvalue weighted by Crippen LogP contribution is 2.48. The van der Waals surface area contributed by atoms with Gasteiger partial charge in [0.2, 0.25) is 9.84 Å². The average Bonchev–Trinajstić information content (AvgIpc) is 3.57. The maximum absolute atomic E-state index is 13.5. The standard InChI is InChI=1S/C42H28N2O2S/c45-47(46)41-23-13-11-21-34(41)37-26-29(24-25-42(37)47)35-27-36-33-20-10-12-22-38(33)44(32-18-8-3-9-19-32)40(36)28-39(35)43(30-14-4-1-5-15-30)31-16-6-2-7-17-31/h1-28H. The maximum atomic E-state index is 13.5. The van der Waals surface area contributed by atoms with E-state index in [9.17, 15) is 8.42 Å². The Morgan fingerprint density at radius 1 is 0.447 bits per heavy atom. The Morgan fingerprint density at radius 2 is 1.04 bits per heavy atom. The van der Waals surface area contributed by atoms with Crippen LogP contribution in [-0.4, -0.2) is 13.0 Å². The highest BCUT2D eigenvalue weighted by Gasteiger charge is 2.33. The van der Waals surface area contributed by atoms with Crippen molar-refractivity contribution in [3.8, 4) is 27.9 Å². The van der Waals surface area contributed by atoms with Crippen LogP contribution in [0.4, 0.5) is 17.1 Å². The highest BCUT2D eigenvalue weighted by molar-refractivity contribution is 7.92. The van der Waals surface area contributed by atoms with Gasteiger partial charge < -0.3 is 9.47 Å². The number of sulfone groups is 1. The van der Waals surface area contributed by atoms with Crippen LogP contribution in [0.2, 0.25) is 0 Å². The maximum Gasteiger partial charge on any atom is 0.207 e. The van der Waals surface area contributed by atoms with E-state index in [1.807, 2.05) is 42.5 Å². The molecule has 7 aromatic carbocycles. The number of fused-ring (bicyclic) bond motifs is 6. The molecule has 0 amide bonds. The molecule has 47 heavy (non-hydrogen) atoms. The molecular formula is C42H28N2O2S. The van der Waals surface area contributed by atoms with Crippen LogP contribution in [0.5, 0.6) is 0 Å². The van der Waals surface area contributed by atoms with Crippen molar-refractivity contribution in [2.24, 2.45) is 0 Å². The number of aromatic nitrogens is 1. The second-order valence-electron chi connectivity index (χ2n) is 11.8. The first-order chi connectivity index (χ1) is 23.1. The zero-order valence-corrected chi connectivity index (χ0v) is 26.1. The summed E-state index contributed by atoms with van der Waals surface area (Å²) in [5.74, 6) is 0. The van der Waals surface area contributed by atoms with Gasteiger partial charge in [0.25, 0.3) is 0 Å². The van der Waals surface area contributed by atoms with Crippen molar-refractivity contribution in [1.82, 2.24) is 4.57 Å². The lowest BCUT2D eigenvalue weighted by atomic mass is 9.95. The van der Waals surface area contributed by atoms with Crippen molar-refractivity contribution >= 4 is 48.7 Å². The second-order valence-corrected chi connectivity index (χ2v) is 13.7. The Balaban J connectivity index is 1.40. The van der Waals surface area contributed by atoms with Gasteiger partial charge in [-0.05, 0) is 78.4 Å². The van der Waals surface area contributed by atoms with E-state index in [-0.39, 0.29) is 0 Å². The third kappa shape index (κ3) is 4.24. The summed E-state index contributed by atoms with van der Waals surface area (Å²) in [5.41, 5.74) is 9.77. The van der Waals surface area contributed by atoms with Crippen LogP contribution in [0.25, 0.3) is 49.7 Å². The minimum Gasteiger partial charge on any atom is -0.310 e. The fourth-order valence-corrected chi connectivity index (χ4v) is 8.71. The van der Waals surface area contributed by atoms with Gasteiger partial charge in [-0.15, -0.1) is 0 Å². The van der Waals surface area contributed by atoms with E-state index < -0.39 is 9.84 Å². The van der Waals surface area contributed by atoms with Crippen LogP contribution in [0.1, 0.15) is 0 Å². The number of hydrogen-bond donors (Lipinski definition) is 0. The SMILES string of the molecule is O=S1(=O)c2ccccc2-c2cc(-c3cc4c5ccccc5n(-c5ccccc5)c4cc3N(c3ccccc3)c3ccccc3)ccc21. The molecule has 4 nitrogen and oxygen atoms in total. The molecule has 1 aromatic heterocycles. The third-order valence-corrected chi connectivity index (χ3v) is 11.0. The van der Waals surface area contributed by atoms with Crippen LogP contribution < -0.4 is 4.90 Å². The predicted molar refractivity (Wildman–Crippen MR) is 192 cm³/mol. The third-order valence-electron chi connectivity index (χ3n) is 9.12. The fourth-order valence-electron chi connectivity index (χ4n) is 7.04. The van der Waals surface area contributed by atoms with Gasteiger partial charge in [0.15, 0.2) is 0 Å². The topological polar surface area (TPSA) is 42.3 Å². The largest absolute Gasteiger partial charge is 0.310 e. The zero-order valence-electron chi connectivity index (χ0n) is 25.3. The Kier molecular flexibility index (Phi) is 6.17. The summed E-state index contributed by atoms with van der Waals surface area (Å²) in [7, 11) is -3.58. The number of rotatable bonds is 5. The summed E-state index contributed by atoms with van der Waals surface area (Å²) in [6.07, 6.45) is 0. The van der Waals surface area contributed by atoms with Gasteiger partial charge in [-0.25, -0.2) is 8.42 Å². The summed E-state index contributed by atoms with van der Waals surface area (Å²) in [5, 5.41) is 2.28. The molecule has 0 saturated carbocycles. The van der Waals surface area contributed by atoms with Gasteiger partial charge in [-0.3, -0.25) is 0 Å². The molecule has 0 N–H and O–H groups in total. The van der Waals surface area contributed by atoms with Crippen LogP contribution in [-0.2, 0) is 9.84 Å². The van der Waals surface area contributed by atoms with Crippen molar-refractivity contribution in [1.29, 1.82) is 0 Å². The second kappa shape index (κ2) is 10.6. The normalized spacial score (nSPS) is 13.0. The zero-order chi connectivity index (χ0) is 31.5. The molecule has 1 aliphatic heterocycles. The molecule has 5 heteroatoms. The Hall–Kier alpha value is -5.91. The quantitative estimate of drug-likeness (QED) is 0.191. The summed E-state index contributed by atoms with van der Waals surface area (Å²) < 4.78 is 29.4. The summed E-state index contributed by atoms with van der Waals surface area (Å²) in [6, 6.07) is 57.4. The molecule has 9 rings (SSSR count). The van der Waals surface area contributed by atoms with Crippen molar-refractivity contribution in [3.05, 3.63) is 170 Å². The number of hydrogen-bond acceptors (Lipinski definition) is 3. The summed E-state index contributed by atoms with van der Waals surface area (Å²) in [4.78, 5) is 3.01. The first-order valence-corrected chi connectivity index (χ1v) is 17.1. The Bertz CT molecular complexity index is 2540. The van der Waals surface area contributed by atoms with Gasteiger partial charge in [-0.2, -0.15) is 0 Å². The van der Waals surface area contributed by atoms with Crippen LogP contribution in [0, 0.1) is 0 Å². The number of anilines is 3. The first-order valence-electron chi connectivity index (χ1n) is 15.6. The molecule has 0 radical (unpaired) electrons. The number of benzene rings is 7. The smallest absolute Gasteiger partial charge is 0.207 e. The molecule has 0 saturated heterocycles. The number of nitrogens with zero attached hydrogens (tertiary/aromatic N) is 2. The molecule has 0 spiro atoms. The Labute approximate surface area is 273 Å². The first kappa shape index (κ1) is 27.4. The van der Waals surface area contributed by atoms with Gasteiger partial charge in [0.05, 0.1) is 26.5 Å². The Morgan fingerprint density at radius 3 is 1.77 bits per heavy atom. The molecule has 0 fully saturated rings. The van der Waals surface area contributed by atoms with E-state index in [2.05, 4.69) is 119 Å². The predicted octanol–water partition coefficient (Wildman–Crippen LogP) is 10.7. The van der Waals surface area contributed by atoms with Crippen molar-refractivity contribution < 1.29 is 8.42 Å². The van der Waals surface area contributed by atoms with Gasteiger partial charge >= 0.3 is 0 Å². The van der Waals surface area contributed by atoms with E-state index in [4.69, 9.17) is 0 Å². The molecule has 224 valence electrons. The minimum absolute atomic E-state index is 0.355. The van der Waals surface area contributed by atoms with Crippen LogP contribution in [0.3, 0.4) is 0 Å². The average molecular weight is 625 g/mol. The minimum atomic E-state index is -3.58. The molecule has 1 aliphatic rings. The lowest BCUT2D eigenvalue weighted by Gasteiger charge is -2.28. The molecule has 0 bridgehead atoms. The van der Waals surface area contributed by atoms with Gasteiger partial charge in [0, 0.05) is 44.5 Å². The van der Waals surface area contributed by atoms with E-state index in [0.29, 0.717) is 9.79 Å². The number of para-hydroxylation sites is 4. The summed E-state index contributed by atoms with van der Waals surface area (Å²) >= 11 is 0. The lowest BCUT2D eigenvalue weighted by molar-refractivity contribution is 0.598.